The Bertz CT molecular complexity index is 264. The zero-order chi connectivity index (χ0) is 12.2. The number of rotatable bonds is 4. The Kier molecular flexibility index (Phi) is 4.50. The van der Waals surface area contributed by atoms with E-state index in [0.717, 1.165) is 32.8 Å². The summed E-state index contributed by atoms with van der Waals surface area (Å²) in [6, 6.07) is 0. The summed E-state index contributed by atoms with van der Waals surface area (Å²) in [5.74, 6) is -0.0208. The van der Waals surface area contributed by atoms with Crippen molar-refractivity contribution in [1.82, 2.24) is 9.80 Å². The molecule has 0 saturated carbocycles. The van der Waals surface area contributed by atoms with Crippen LogP contribution in [0.15, 0.2) is 12.7 Å². The number of carbonyl (C=O) groups excluding carboxylic acids is 1. The van der Waals surface area contributed by atoms with E-state index in [1.165, 1.54) is 6.08 Å². The van der Waals surface area contributed by atoms with Gasteiger partial charge in [0.2, 0.25) is 5.91 Å². The molecule has 0 atom stereocenters. The van der Waals surface area contributed by atoms with Crippen LogP contribution in [0.2, 0.25) is 0 Å². The van der Waals surface area contributed by atoms with E-state index in [1.807, 2.05) is 0 Å². The van der Waals surface area contributed by atoms with E-state index in [1.54, 1.807) is 11.9 Å². The third-order valence-corrected chi connectivity index (χ3v) is 2.81. The first-order chi connectivity index (χ1) is 7.44. The van der Waals surface area contributed by atoms with Gasteiger partial charge in [0, 0.05) is 33.2 Å². The zero-order valence-electron chi connectivity index (χ0n) is 10.5. The minimum absolute atomic E-state index is 0.0208. The van der Waals surface area contributed by atoms with Gasteiger partial charge in [-0.3, -0.25) is 9.69 Å². The summed E-state index contributed by atoms with van der Waals surface area (Å²) in [6.45, 7) is 11.9. The highest BCUT2D eigenvalue weighted by Gasteiger charge is 2.26. The van der Waals surface area contributed by atoms with Crippen LogP contribution in [-0.4, -0.2) is 61.1 Å². The summed E-state index contributed by atoms with van der Waals surface area (Å²) in [4.78, 5) is 15.3. The first-order valence-corrected chi connectivity index (χ1v) is 5.68. The van der Waals surface area contributed by atoms with Gasteiger partial charge in [0.15, 0.2) is 0 Å². The lowest BCUT2D eigenvalue weighted by Crippen LogP contribution is -2.50. The van der Waals surface area contributed by atoms with E-state index in [2.05, 4.69) is 25.3 Å². The summed E-state index contributed by atoms with van der Waals surface area (Å²) < 4.78 is 5.63. The molecule has 0 aliphatic carbocycles. The molecule has 1 aliphatic rings. The molecule has 0 radical (unpaired) electrons. The van der Waals surface area contributed by atoms with E-state index in [-0.39, 0.29) is 11.5 Å². The molecule has 0 aromatic carbocycles. The highest BCUT2D eigenvalue weighted by molar-refractivity contribution is 5.86. The van der Waals surface area contributed by atoms with Crippen LogP contribution in [0, 0.1) is 0 Å². The summed E-state index contributed by atoms with van der Waals surface area (Å²) in [7, 11) is 1.80. The van der Waals surface area contributed by atoms with Crippen LogP contribution >= 0.6 is 0 Å². The molecule has 1 saturated heterocycles. The van der Waals surface area contributed by atoms with Crippen molar-refractivity contribution in [3.8, 4) is 0 Å². The second kappa shape index (κ2) is 5.46. The van der Waals surface area contributed by atoms with Gasteiger partial charge in [0.05, 0.1) is 12.2 Å². The van der Waals surface area contributed by atoms with Crippen molar-refractivity contribution < 1.29 is 9.53 Å². The van der Waals surface area contributed by atoms with Crippen molar-refractivity contribution in [2.24, 2.45) is 0 Å². The number of ether oxygens (including phenoxy) is 1. The van der Waals surface area contributed by atoms with Gasteiger partial charge in [0.1, 0.15) is 0 Å². The zero-order valence-corrected chi connectivity index (χ0v) is 10.5. The molecule has 0 unspecified atom stereocenters. The Morgan fingerprint density at radius 3 is 2.88 bits per heavy atom. The quantitative estimate of drug-likeness (QED) is 0.663. The van der Waals surface area contributed by atoms with Crippen LogP contribution in [0.4, 0.5) is 0 Å². The summed E-state index contributed by atoms with van der Waals surface area (Å²) in [6.07, 6.45) is 1.35. The van der Waals surface area contributed by atoms with Crippen LogP contribution < -0.4 is 0 Å². The summed E-state index contributed by atoms with van der Waals surface area (Å²) >= 11 is 0. The number of nitrogens with zero attached hydrogens (tertiary/aromatic N) is 2. The minimum Gasteiger partial charge on any atom is -0.373 e. The van der Waals surface area contributed by atoms with Gasteiger partial charge in [-0.05, 0) is 19.9 Å². The Morgan fingerprint density at radius 2 is 2.31 bits per heavy atom. The molecular weight excluding hydrogens is 204 g/mol. The van der Waals surface area contributed by atoms with E-state index in [0.29, 0.717) is 0 Å². The van der Waals surface area contributed by atoms with Crippen molar-refractivity contribution >= 4 is 5.91 Å². The molecule has 0 spiro atoms. The van der Waals surface area contributed by atoms with E-state index in [9.17, 15) is 4.79 Å². The molecule has 4 heteroatoms. The lowest BCUT2D eigenvalue weighted by atomic mass is 10.1. The van der Waals surface area contributed by atoms with E-state index < -0.39 is 0 Å². The molecule has 0 N–H and O–H groups in total. The molecule has 92 valence electrons. The lowest BCUT2D eigenvalue weighted by Gasteiger charge is -2.38. The highest BCUT2D eigenvalue weighted by atomic mass is 16.5. The topological polar surface area (TPSA) is 32.8 Å². The SMILES string of the molecule is C=CC(=O)N(C)CCN1CCOC(C)(C)C1. The molecule has 1 aliphatic heterocycles. The Balaban J connectivity index is 2.32. The second-order valence-corrected chi connectivity index (χ2v) is 4.85. The van der Waals surface area contributed by atoms with Gasteiger partial charge in [-0.1, -0.05) is 6.58 Å². The average molecular weight is 226 g/mol. The third-order valence-electron chi connectivity index (χ3n) is 2.81. The normalized spacial score (nSPS) is 20.4. The van der Waals surface area contributed by atoms with Crippen LogP contribution in [0.3, 0.4) is 0 Å². The molecule has 0 aromatic heterocycles. The number of hydrogen-bond donors (Lipinski definition) is 0. The fourth-order valence-electron chi connectivity index (χ4n) is 1.86. The lowest BCUT2D eigenvalue weighted by molar-refractivity contribution is -0.125. The Morgan fingerprint density at radius 1 is 1.62 bits per heavy atom. The molecule has 16 heavy (non-hydrogen) atoms. The van der Waals surface area contributed by atoms with Crippen molar-refractivity contribution in [3.63, 3.8) is 0 Å². The molecule has 1 rings (SSSR count). The molecule has 4 nitrogen and oxygen atoms in total. The summed E-state index contributed by atoms with van der Waals surface area (Å²) in [5.41, 5.74) is -0.0702. The largest absolute Gasteiger partial charge is 0.373 e. The second-order valence-electron chi connectivity index (χ2n) is 4.85. The molecule has 1 amide bonds. The average Bonchev–Trinajstić information content (AvgIpc) is 2.23. The molecule has 1 fully saturated rings. The van der Waals surface area contributed by atoms with Crippen molar-refractivity contribution in [2.45, 2.75) is 19.4 Å². The summed E-state index contributed by atoms with van der Waals surface area (Å²) in [5, 5.41) is 0. The van der Waals surface area contributed by atoms with Gasteiger partial charge in [0.25, 0.3) is 0 Å². The smallest absolute Gasteiger partial charge is 0.245 e. The van der Waals surface area contributed by atoms with Gasteiger partial charge in [-0.25, -0.2) is 0 Å². The maximum atomic E-state index is 11.3. The molecule has 0 bridgehead atoms. The van der Waals surface area contributed by atoms with E-state index in [4.69, 9.17) is 4.74 Å². The first kappa shape index (κ1) is 13.2. The predicted octanol–water partition coefficient (Wildman–Crippen LogP) is 0.742. The number of carbonyl (C=O) groups is 1. The Labute approximate surface area is 97.9 Å². The predicted molar refractivity (Wildman–Crippen MR) is 64.3 cm³/mol. The number of likely N-dealkylation sites (N-methyl/N-ethyl adjacent to an activating group) is 1. The maximum absolute atomic E-state index is 11.3. The standard InChI is InChI=1S/C12H22N2O2/c1-5-11(15)13(4)6-7-14-8-9-16-12(2,3)10-14/h5H,1,6-10H2,2-4H3. The van der Waals surface area contributed by atoms with Gasteiger partial charge in [-0.2, -0.15) is 0 Å². The van der Waals surface area contributed by atoms with E-state index >= 15 is 0 Å². The van der Waals surface area contributed by atoms with Crippen LogP contribution in [0.1, 0.15) is 13.8 Å². The molecule has 1 heterocycles. The van der Waals surface area contributed by atoms with Crippen LogP contribution in [0.25, 0.3) is 0 Å². The number of hydrogen-bond acceptors (Lipinski definition) is 3. The highest BCUT2D eigenvalue weighted by Crippen LogP contribution is 2.15. The Hall–Kier alpha value is -0.870. The number of amides is 1. The van der Waals surface area contributed by atoms with Crippen LogP contribution in [0.5, 0.6) is 0 Å². The van der Waals surface area contributed by atoms with Gasteiger partial charge in [-0.15, -0.1) is 0 Å². The van der Waals surface area contributed by atoms with Crippen molar-refractivity contribution in [2.75, 3.05) is 39.8 Å². The first-order valence-electron chi connectivity index (χ1n) is 5.68. The van der Waals surface area contributed by atoms with Crippen molar-refractivity contribution in [1.29, 1.82) is 0 Å². The number of morpholine rings is 1. The van der Waals surface area contributed by atoms with Gasteiger partial charge < -0.3 is 9.64 Å². The molecule has 0 aromatic rings. The fraction of sp³-hybridized carbons (Fsp3) is 0.750. The van der Waals surface area contributed by atoms with Crippen molar-refractivity contribution in [3.05, 3.63) is 12.7 Å². The monoisotopic (exact) mass is 226 g/mol. The van der Waals surface area contributed by atoms with Crippen LogP contribution in [-0.2, 0) is 9.53 Å². The maximum Gasteiger partial charge on any atom is 0.245 e. The third kappa shape index (κ3) is 3.94. The molecular formula is C12H22N2O2. The fourth-order valence-corrected chi connectivity index (χ4v) is 1.86. The van der Waals surface area contributed by atoms with Gasteiger partial charge >= 0.3 is 0 Å². The minimum atomic E-state index is -0.0702.